The van der Waals surface area contributed by atoms with E-state index in [1.165, 1.54) is 27.3 Å². The Bertz CT molecular complexity index is 1190. The maximum atomic E-state index is 5.39. The summed E-state index contributed by atoms with van der Waals surface area (Å²) in [6.07, 6.45) is 1.02. The number of fused-ring (bicyclic) bond motifs is 5. The molecule has 0 saturated heterocycles. The van der Waals surface area contributed by atoms with Crippen LogP contribution in [0.2, 0.25) is 0 Å². The second-order valence-corrected chi connectivity index (χ2v) is 7.73. The molecule has 4 aromatic rings. The van der Waals surface area contributed by atoms with E-state index in [4.69, 9.17) is 9.72 Å². The molecule has 27 heavy (non-hydrogen) atoms. The fraction of sp³-hybridized carbons (Fsp3) is 0.174. The zero-order valence-corrected chi connectivity index (χ0v) is 16.6. The Hall–Kier alpha value is -2.43. The highest BCUT2D eigenvalue weighted by atomic mass is 79.9. The second-order valence-electron chi connectivity index (χ2n) is 6.87. The van der Waals surface area contributed by atoms with Crippen molar-refractivity contribution in [1.82, 2.24) is 10.3 Å². The molecule has 4 heteroatoms. The van der Waals surface area contributed by atoms with Crippen LogP contribution < -0.4 is 10.1 Å². The summed E-state index contributed by atoms with van der Waals surface area (Å²) >= 11 is 3.61. The van der Waals surface area contributed by atoms with Crippen molar-refractivity contribution in [2.45, 2.75) is 13.0 Å². The van der Waals surface area contributed by atoms with Crippen LogP contribution >= 0.6 is 15.9 Å². The number of benzene rings is 3. The fourth-order valence-corrected chi connectivity index (χ4v) is 4.64. The molecular weight excluding hydrogens is 400 g/mol. The molecule has 1 aliphatic heterocycles. The number of hydrogen-bond acceptors (Lipinski definition) is 3. The molecule has 0 fully saturated rings. The van der Waals surface area contributed by atoms with E-state index in [0.29, 0.717) is 0 Å². The van der Waals surface area contributed by atoms with Crippen molar-refractivity contribution in [3.63, 3.8) is 0 Å². The van der Waals surface area contributed by atoms with Crippen LogP contribution in [0, 0.1) is 0 Å². The Balaban J connectivity index is 1.84. The number of pyridine rings is 1. The number of halogens is 1. The molecule has 5 rings (SSSR count). The number of ether oxygens (including phenoxy) is 1. The molecule has 0 bridgehead atoms. The van der Waals surface area contributed by atoms with Gasteiger partial charge in [-0.3, -0.25) is 0 Å². The molecule has 0 spiro atoms. The number of hydrogen-bond donors (Lipinski definition) is 1. The van der Waals surface area contributed by atoms with Crippen LogP contribution in [0.4, 0.5) is 0 Å². The predicted octanol–water partition coefficient (Wildman–Crippen LogP) is 5.47. The van der Waals surface area contributed by atoms with E-state index in [1.807, 2.05) is 6.07 Å². The highest BCUT2D eigenvalue weighted by Gasteiger charge is 2.20. The van der Waals surface area contributed by atoms with Crippen LogP contribution in [0.15, 0.2) is 59.1 Å². The smallest absolute Gasteiger partial charge is 0.133 e. The van der Waals surface area contributed by atoms with Crippen LogP contribution in [0.5, 0.6) is 5.75 Å². The topological polar surface area (TPSA) is 34.1 Å². The molecule has 3 aromatic carbocycles. The summed E-state index contributed by atoms with van der Waals surface area (Å²) in [6.45, 7) is 1.85. The minimum atomic E-state index is 0.831. The van der Waals surface area contributed by atoms with Gasteiger partial charge in [-0.15, -0.1) is 0 Å². The first-order valence-electron chi connectivity index (χ1n) is 9.14. The summed E-state index contributed by atoms with van der Waals surface area (Å²) < 4.78 is 6.33. The molecule has 134 valence electrons. The van der Waals surface area contributed by atoms with Gasteiger partial charge < -0.3 is 10.1 Å². The zero-order chi connectivity index (χ0) is 18.4. The minimum absolute atomic E-state index is 0.831. The first kappa shape index (κ1) is 16.7. The number of nitrogens with zero attached hydrogens (tertiary/aromatic N) is 1. The lowest BCUT2D eigenvalue weighted by Crippen LogP contribution is -2.25. The Morgan fingerprint density at radius 1 is 1.04 bits per heavy atom. The molecule has 1 aliphatic rings. The number of nitrogens with one attached hydrogen (secondary N) is 1. The van der Waals surface area contributed by atoms with Gasteiger partial charge in [0.15, 0.2) is 0 Å². The van der Waals surface area contributed by atoms with Gasteiger partial charge in [-0.05, 0) is 75.1 Å². The largest absolute Gasteiger partial charge is 0.496 e. The van der Waals surface area contributed by atoms with E-state index >= 15 is 0 Å². The first-order valence-corrected chi connectivity index (χ1v) is 9.93. The number of aromatic nitrogens is 1. The van der Waals surface area contributed by atoms with Gasteiger partial charge in [-0.1, -0.05) is 30.3 Å². The van der Waals surface area contributed by atoms with Gasteiger partial charge in [-0.2, -0.15) is 0 Å². The van der Waals surface area contributed by atoms with Crippen LogP contribution in [-0.2, 0) is 13.0 Å². The number of methoxy groups -OCH3 is 1. The molecule has 0 aliphatic carbocycles. The molecule has 0 saturated carbocycles. The lowest BCUT2D eigenvalue weighted by atomic mass is 9.90. The summed E-state index contributed by atoms with van der Waals surface area (Å²) in [7, 11) is 1.69. The van der Waals surface area contributed by atoms with Gasteiger partial charge in [0.2, 0.25) is 0 Å². The molecule has 0 amide bonds. The lowest BCUT2D eigenvalue weighted by Gasteiger charge is -2.23. The third-order valence-corrected chi connectivity index (χ3v) is 5.99. The maximum Gasteiger partial charge on any atom is 0.133 e. The Morgan fingerprint density at radius 2 is 1.93 bits per heavy atom. The second kappa shape index (κ2) is 6.63. The summed E-state index contributed by atoms with van der Waals surface area (Å²) in [5, 5.41) is 7.40. The Morgan fingerprint density at radius 3 is 2.78 bits per heavy atom. The van der Waals surface area contributed by atoms with Crippen LogP contribution in [0.25, 0.3) is 32.9 Å². The zero-order valence-electron chi connectivity index (χ0n) is 15.1. The average Bonchev–Trinajstić information content (AvgIpc) is 2.72. The quantitative estimate of drug-likeness (QED) is 0.438. The SMILES string of the molecule is COc1ccc(-c2nc3ccc4ccccc4c3c3c2CNCC3)cc1Br. The van der Waals surface area contributed by atoms with E-state index in [9.17, 15) is 0 Å². The minimum Gasteiger partial charge on any atom is -0.496 e. The van der Waals surface area contributed by atoms with Crippen LogP contribution in [-0.4, -0.2) is 18.6 Å². The predicted molar refractivity (Wildman–Crippen MR) is 114 cm³/mol. The van der Waals surface area contributed by atoms with E-state index in [-0.39, 0.29) is 0 Å². The highest BCUT2D eigenvalue weighted by Crippen LogP contribution is 2.37. The van der Waals surface area contributed by atoms with Gasteiger partial charge in [0, 0.05) is 17.5 Å². The van der Waals surface area contributed by atoms with Crippen molar-refractivity contribution < 1.29 is 4.74 Å². The number of rotatable bonds is 2. The van der Waals surface area contributed by atoms with Crippen LogP contribution in [0.1, 0.15) is 11.1 Å². The first-order chi connectivity index (χ1) is 13.3. The Kier molecular flexibility index (Phi) is 4.10. The molecule has 0 unspecified atom stereocenters. The van der Waals surface area contributed by atoms with Crippen molar-refractivity contribution in [2.24, 2.45) is 0 Å². The summed E-state index contributed by atoms with van der Waals surface area (Å²) in [5.74, 6) is 0.831. The molecule has 1 aromatic heterocycles. The summed E-state index contributed by atoms with van der Waals surface area (Å²) in [5.41, 5.74) is 5.97. The monoisotopic (exact) mass is 418 g/mol. The summed E-state index contributed by atoms with van der Waals surface area (Å²) in [4.78, 5) is 5.10. The van der Waals surface area contributed by atoms with E-state index in [2.05, 4.69) is 69.8 Å². The third kappa shape index (κ3) is 2.71. The summed E-state index contributed by atoms with van der Waals surface area (Å²) in [6, 6.07) is 19.1. The normalized spacial score (nSPS) is 13.7. The molecule has 1 N–H and O–H groups in total. The average molecular weight is 419 g/mol. The molecule has 0 radical (unpaired) electrons. The van der Waals surface area contributed by atoms with E-state index in [1.54, 1.807) is 7.11 Å². The van der Waals surface area contributed by atoms with Crippen molar-refractivity contribution in [2.75, 3.05) is 13.7 Å². The standard InChI is InChI=1S/C23H19BrN2O/c1-27-21-9-7-15(12-19(21)24)23-18-13-25-11-10-17(18)22-16-5-3-2-4-14(16)6-8-20(22)26-23/h2-9,12,25H,10-11,13H2,1H3. The van der Waals surface area contributed by atoms with Crippen molar-refractivity contribution in [3.8, 4) is 17.0 Å². The molecule has 3 nitrogen and oxygen atoms in total. The van der Waals surface area contributed by atoms with Gasteiger partial charge in [0.05, 0.1) is 22.8 Å². The van der Waals surface area contributed by atoms with Crippen molar-refractivity contribution >= 4 is 37.6 Å². The van der Waals surface area contributed by atoms with Gasteiger partial charge in [0.1, 0.15) is 5.75 Å². The van der Waals surface area contributed by atoms with Crippen molar-refractivity contribution in [1.29, 1.82) is 0 Å². The van der Waals surface area contributed by atoms with Crippen molar-refractivity contribution in [3.05, 3.63) is 70.2 Å². The van der Waals surface area contributed by atoms with E-state index in [0.717, 1.165) is 46.5 Å². The van der Waals surface area contributed by atoms with Gasteiger partial charge in [0.25, 0.3) is 0 Å². The van der Waals surface area contributed by atoms with Gasteiger partial charge >= 0.3 is 0 Å². The Labute approximate surface area is 166 Å². The molecule has 0 atom stereocenters. The van der Waals surface area contributed by atoms with Crippen LogP contribution in [0.3, 0.4) is 0 Å². The lowest BCUT2D eigenvalue weighted by molar-refractivity contribution is 0.412. The molecular formula is C23H19BrN2O. The van der Waals surface area contributed by atoms with Gasteiger partial charge in [-0.25, -0.2) is 4.98 Å². The highest BCUT2D eigenvalue weighted by molar-refractivity contribution is 9.10. The third-order valence-electron chi connectivity index (χ3n) is 5.37. The fourth-order valence-electron chi connectivity index (χ4n) is 4.10. The molecule has 2 heterocycles. The maximum absolute atomic E-state index is 5.39. The van der Waals surface area contributed by atoms with E-state index < -0.39 is 0 Å².